The van der Waals surface area contributed by atoms with E-state index in [-0.39, 0.29) is 11.8 Å². The molecule has 1 fully saturated rings. The molecule has 1 saturated heterocycles. The van der Waals surface area contributed by atoms with Gasteiger partial charge in [0, 0.05) is 24.3 Å². The van der Waals surface area contributed by atoms with Crippen molar-refractivity contribution >= 4 is 17.5 Å². The topological polar surface area (TPSA) is 67.9 Å². The van der Waals surface area contributed by atoms with Gasteiger partial charge >= 0.3 is 0 Å². The van der Waals surface area contributed by atoms with Gasteiger partial charge in [0.15, 0.2) is 11.5 Å². The first kappa shape index (κ1) is 20.7. The molecule has 6 nitrogen and oxygen atoms in total. The van der Waals surface area contributed by atoms with Crippen molar-refractivity contribution in [2.45, 2.75) is 33.1 Å². The first-order valence-electron chi connectivity index (χ1n) is 10.2. The molecule has 6 heteroatoms. The third-order valence-corrected chi connectivity index (χ3v) is 4.83. The van der Waals surface area contributed by atoms with E-state index in [2.05, 4.69) is 5.32 Å². The molecule has 0 saturated carbocycles. The van der Waals surface area contributed by atoms with E-state index in [9.17, 15) is 9.59 Å². The molecule has 0 atom stereocenters. The number of nitrogens with zero attached hydrogens (tertiary/aromatic N) is 1. The van der Waals surface area contributed by atoms with Gasteiger partial charge in [0.25, 0.3) is 5.91 Å². The number of hydrogen-bond donors (Lipinski definition) is 1. The summed E-state index contributed by atoms with van der Waals surface area (Å²) >= 11 is 0. The molecule has 2 amide bonds. The molecule has 1 N–H and O–H groups in total. The minimum absolute atomic E-state index is 0.164. The molecule has 2 aromatic carbocycles. The van der Waals surface area contributed by atoms with Crippen LogP contribution in [0.4, 0.5) is 5.69 Å². The van der Waals surface area contributed by atoms with Crippen LogP contribution >= 0.6 is 0 Å². The standard InChI is InChI=1S/C23H28N2O4/c1-3-28-20-12-9-18(16-21(20)29-4-2)23(27)24-19-10-7-17(8-11-19)15-22(26)25-13-5-6-14-25/h7-12,16H,3-6,13-15H2,1-2H3,(H,24,27). The van der Waals surface area contributed by atoms with Crippen molar-refractivity contribution in [2.24, 2.45) is 0 Å². The van der Waals surface area contributed by atoms with Crippen LogP contribution in [-0.2, 0) is 11.2 Å². The van der Waals surface area contributed by atoms with E-state index in [4.69, 9.17) is 9.47 Å². The van der Waals surface area contributed by atoms with Crippen LogP contribution in [0, 0.1) is 0 Å². The zero-order valence-electron chi connectivity index (χ0n) is 17.1. The lowest BCUT2D eigenvalue weighted by Crippen LogP contribution is -2.29. The Labute approximate surface area is 171 Å². The summed E-state index contributed by atoms with van der Waals surface area (Å²) in [5.74, 6) is 1.11. The number of carbonyl (C=O) groups excluding carboxylic acids is 2. The summed E-state index contributed by atoms with van der Waals surface area (Å²) < 4.78 is 11.1. The first-order valence-corrected chi connectivity index (χ1v) is 10.2. The molecule has 1 aliphatic heterocycles. The van der Waals surface area contributed by atoms with E-state index in [0.717, 1.165) is 31.5 Å². The maximum Gasteiger partial charge on any atom is 0.255 e. The highest BCUT2D eigenvalue weighted by Crippen LogP contribution is 2.29. The van der Waals surface area contributed by atoms with Gasteiger partial charge in [-0.15, -0.1) is 0 Å². The first-order chi connectivity index (χ1) is 14.1. The lowest BCUT2D eigenvalue weighted by molar-refractivity contribution is -0.129. The molecule has 0 bridgehead atoms. The molecule has 0 spiro atoms. The summed E-state index contributed by atoms with van der Waals surface area (Å²) in [5.41, 5.74) is 2.11. The second kappa shape index (κ2) is 9.96. The van der Waals surface area contributed by atoms with Crippen molar-refractivity contribution in [3.63, 3.8) is 0 Å². The van der Waals surface area contributed by atoms with Gasteiger partial charge in [0.05, 0.1) is 19.6 Å². The zero-order valence-corrected chi connectivity index (χ0v) is 17.1. The zero-order chi connectivity index (χ0) is 20.6. The SMILES string of the molecule is CCOc1ccc(C(=O)Nc2ccc(CC(=O)N3CCCC3)cc2)cc1OCC. The molecule has 0 unspecified atom stereocenters. The van der Waals surface area contributed by atoms with E-state index >= 15 is 0 Å². The average molecular weight is 396 g/mol. The number of likely N-dealkylation sites (tertiary alicyclic amines) is 1. The summed E-state index contributed by atoms with van der Waals surface area (Å²) in [6.07, 6.45) is 2.57. The van der Waals surface area contributed by atoms with E-state index in [1.807, 2.05) is 43.0 Å². The monoisotopic (exact) mass is 396 g/mol. The van der Waals surface area contributed by atoms with Crippen molar-refractivity contribution in [1.29, 1.82) is 0 Å². The Balaban J connectivity index is 1.62. The van der Waals surface area contributed by atoms with Gasteiger partial charge in [-0.1, -0.05) is 12.1 Å². The summed E-state index contributed by atoms with van der Waals surface area (Å²) in [4.78, 5) is 26.8. The number of rotatable bonds is 8. The van der Waals surface area contributed by atoms with E-state index < -0.39 is 0 Å². The van der Waals surface area contributed by atoms with Gasteiger partial charge in [-0.3, -0.25) is 9.59 Å². The molecule has 0 aliphatic carbocycles. The Morgan fingerprint density at radius 3 is 2.24 bits per heavy atom. The second-order valence-electron chi connectivity index (χ2n) is 6.94. The Morgan fingerprint density at radius 1 is 0.931 bits per heavy atom. The summed E-state index contributed by atoms with van der Waals surface area (Å²) in [6, 6.07) is 12.6. The predicted octanol–water partition coefficient (Wildman–Crippen LogP) is 3.90. The molecule has 2 aromatic rings. The van der Waals surface area contributed by atoms with Gasteiger partial charge in [-0.2, -0.15) is 0 Å². The number of benzene rings is 2. The van der Waals surface area contributed by atoms with Crippen LogP contribution in [-0.4, -0.2) is 43.0 Å². The highest BCUT2D eigenvalue weighted by atomic mass is 16.5. The normalized spacial score (nSPS) is 13.2. The van der Waals surface area contributed by atoms with Crippen LogP contribution in [0.15, 0.2) is 42.5 Å². The molecular formula is C23H28N2O4. The largest absolute Gasteiger partial charge is 0.490 e. The lowest BCUT2D eigenvalue weighted by Gasteiger charge is -2.15. The average Bonchev–Trinajstić information content (AvgIpc) is 3.26. The van der Waals surface area contributed by atoms with Crippen LogP contribution in [0.1, 0.15) is 42.6 Å². The van der Waals surface area contributed by atoms with E-state index in [1.54, 1.807) is 18.2 Å². The van der Waals surface area contributed by atoms with Crippen molar-refractivity contribution in [1.82, 2.24) is 4.90 Å². The van der Waals surface area contributed by atoms with Gasteiger partial charge in [-0.25, -0.2) is 0 Å². The molecule has 154 valence electrons. The summed E-state index contributed by atoms with van der Waals surface area (Å²) in [7, 11) is 0. The fourth-order valence-corrected chi connectivity index (χ4v) is 3.35. The molecule has 0 aromatic heterocycles. The summed E-state index contributed by atoms with van der Waals surface area (Å²) in [5, 5.41) is 2.88. The second-order valence-corrected chi connectivity index (χ2v) is 6.94. The Morgan fingerprint density at radius 2 is 1.59 bits per heavy atom. The number of hydrogen-bond acceptors (Lipinski definition) is 4. The molecule has 3 rings (SSSR count). The van der Waals surface area contributed by atoms with Crippen molar-refractivity contribution < 1.29 is 19.1 Å². The highest BCUT2D eigenvalue weighted by Gasteiger charge is 2.18. The van der Waals surface area contributed by atoms with Crippen molar-refractivity contribution in [2.75, 3.05) is 31.6 Å². The van der Waals surface area contributed by atoms with Crippen LogP contribution in [0.5, 0.6) is 11.5 Å². The van der Waals surface area contributed by atoms with Gasteiger partial charge in [0.1, 0.15) is 0 Å². The highest BCUT2D eigenvalue weighted by molar-refractivity contribution is 6.04. The van der Waals surface area contributed by atoms with Crippen molar-refractivity contribution in [3.05, 3.63) is 53.6 Å². The number of anilines is 1. The quantitative estimate of drug-likeness (QED) is 0.735. The fraction of sp³-hybridized carbons (Fsp3) is 0.391. The predicted molar refractivity (Wildman–Crippen MR) is 113 cm³/mol. The van der Waals surface area contributed by atoms with Gasteiger partial charge < -0.3 is 19.7 Å². The third kappa shape index (κ3) is 5.50. The molecule has 1 heterocycles. The third-order valence-electron chi connectivity index (χ3n) is 4.83. The van der Waals surface area contributed by atoms with E-state index in [0.29, 0.717) is 42.4 Å². The fourth-order valence-electron chi connectivity index (χ4n) is 3.35. The van der Waals surface area contributed by atoms with Crippen LogP contribution in [0.25, 0.3) is 0 Å². The van der Waals surface area contributed by atoms with Gasteiger partial charge in [0.2, 0.25) is 5.91 Å². The number of ether oxygens (including phenoxy) is 2. The van der Waals surface area contributed by atoms with Crippen molar-refractivity contribution in [3.8, 4) is 11.5 Å². The Hall–Kier alpha value is -3.02. The van der Waals surface area contributed by atoms with Crippen LogP contribution in [0.3, 0.4) is 0 Å². The minimum atomic E-state index is -0.227. The van der Waals surface area contributed by atoms with Gasteiger partial charge in [-0.05, 0) is 62.6 Å². The minimum Gasteiger partial charge on any atom is -0.490 e. The lowest BCUT2D eigenvalue weighted by atomic mass is 10.1. The molecule has 0 radical (unpaired) electrons. The van der Waals surface area contributed by atoms with E-state index in [1.165, 1.54) is 0 Å². The maximum absolute atomic E-state index is 12.6. The Bertz CT molecular complexity index is 842. The summed E-state index contributed by atoms with van der Waals surface area (Å²) in [6.45, 7) is 6.52. The molecule has 29 heavy (non-hydrogen) atoms. The number of amides is 2. The Kier molecular flexibility index (Phi) is 7.11. The molecular weight excluding hydrogens is 368 g/mol. The van der Waals surface area contributed by atoms with Crippen LogP contribution in [0.2, 0.25) is 0 Å². The number of carbonyl (C=O) groups is 2. The van der Waals surface area contributed by atoms with Crippen LogP contribution < -0.4 is 14.8 Å². The molecule has 1 aliphatic rings. The maximum atomic E-state index is 12.6. The smallest absolute Gasteiger partial charge is 0.255 e. The number of nitrogens with one attached hydrogen (secondary N) is 1.